The zero-order chi connectivity index (χ0) is 25.2. The van der Waals surface area contributed by atoms with Crippen LogP contribution in [0.3, 0.4) is 0 Å². The highest BCUT2D eigenvalue weighted by Gasteiger charge is 2.35. The molecule has 1 aliphatic heterocycles. The largest absolute Gasteiger partial charge is 0.467 e. The Kier molecular flexibility index (Phi) is 6.08. The minimum atomic E-state index is -0.901. The summed E-state index contributed by atoms with van der Waals surface area (Å²) < 4.78 is 4.93. The van der Waals surface area contributed by atoms with Crippen molar-refractivity contribution in [3.63, 3.8) is 0 Å². The van der Waals surface area contributed by atoms with Crippen molar-refractivity contribution in [3.05, 3.63) is 107 Å². The fraction of sp³-hybridized carbons (Fsp3) is 0.143. The van der Waals surface area contributed by atoms with Gasteiger partial charge in [0.1, 0.15) is 6.04 Å². The van der Waals surface area contributed by atoms with Crippen molar-refractivity contribution >= 4 is 34.6 Å². The predicted octanol–water partition coefficient (Wildman–Crippen LogP) is 3.48. The molecule has 0 spiro atoms. The summed E-state index contributed by atoms with van der Waals surface area (Å²) in [7, 11) is 1.28. The summed E-state index contributed by atoms with van der Waals surface area (Å²) in [4.78, 5) is 55.3. The molecule has 0 saturated carbocycles. The number of carbonyl (C=O) groups excluding carboxylic acids is 4. The molecular weight excluding hydrogens is 458 g/mol. The Balaban J connectivity index is 1.33. The quantitative estimate of drug-likeness (QED) is 0.310. The van der Waals surface area contributed by atoms with Gasteiger partial charge >= 0.3 is 5.97 Å². The smallest absolute Gasteiger partial charge is 0.328 e. The van der Waals surface area contributed by atoms with Crippen molar-refractivity contribution in [2.24, 2.45) is 0 Å². The first-order chi connectivity index (χ1) is 17.5. The van der Waals surface area contributed by atoms with Crippen molar-refractivity contribution in [2.45, 2.75) is 19.0 Å². The Morgan fingerprint density at radius 3 is 2.36 bits per heavy atom. The van der Waals surface area contributed by atoms with E-state index in [2.05, 4.69) is 10.3 Å². The summed E-state index contributed by atoms with van der Waals surface area (Å²) in [5.41, 5.74) is 3.47. The van der Waals surface area contributed by atoms with E-state index in [9.17, 15) is 19.2 Å². The van der Waals surface area contributed by atoms with Gasteiger partial charge < -0.3 is 15.0 Å². The van der Waals surface area contributed by atoms with Crippen molar-refractivity contribution < 1.29 is 23.9 Å². The van der Waals surface area contributed by atoms with Gasteiger partial charge in [-0.1, -0.05) is 42.5 Å². The molecule has 5 rings (SSSR count). The van der Waals surface area contributed by atoms with Gasteiger partial charge in [-0.05, 0) is 41.5 Å². The maximum absolute atomic E-state index is 13.1. The van der Waals surface area contributed by atoms with Crippen LogP contribution in [0.1, 0.15) is 42.2 Å². The van der Waals surface area contributed by atoms with Crippen LogP contribution < -0.4 is 5.32 Å². The molecule has 8 nitrogen and oxygen atoms in total. The van der Waals surface area contributed by atoms with Crippen LogP contribution in [-0.2, 0) is 22.5 Å². The number of aromatic amines is 1. The van der Waals surface area contributed by atoms with Crippen molar-refractivity contribution in [3.8, 4) is 0 Å². The molecule has 1 aliphatic rings. The van der Waals surface area contributed by atoms with Crippen LogP contribution in [0.5, 0.6) is 0 Å². The number of imide groups is 1. The fourth-order valence-electron chi connectivity index (χ4n) is 4.47. The highest BCUT2D eigenvalue weighted by atomic mass is 16.5. The first-order valence-electron chi connectivity index (χ1n) is 11.4. The lowest BCUT2D eigenvalue weighted by Gasteiger charge is -2.17. The van der Waals surface area contributed by atoms with E-state index in [4.69, 9.17) is 4.74 Å². The summed E-state index contributed by atoms with van der Waals surface area (Å²) in [6, 6.07) is 20.1. The summed E-state index contributed by atoms with van der Waals surface area (Å²) in [5.74, 6) is -1.75. The number of hydrogen-bond donors (Lipinski definition) is 2. The van der Waals surface area contributed by atoms with E-state index < -0.39 is 17.9 Å². The third-order valence-electron chi connectivity index (χ3n) is 6.30. The number of nitrogens with zero attached hydrogens (tertiary/aromatic N) is 1. The second-order valence-corrected chi connectivity index (χ2v) is 8.56. The van der Waals surface area contributed by atoms with Crippen LogP contribution in [-0.4, -0.2) is 46.7 Å². The Hall–Kier alpha value is -4.72. The highest BCUT2D eigenvalue weighted by Crippen LogP contribution is 2.24. The number of fused-ring (bicyclic) bond motifs is 2. The number of para-hydroxylation sites is 1. The van der Waals surface area contributed by atoms with E-state index in [1.807, 2.05) is 30.5 Å². The first-order valence-corrected chi connectivity index (χ1v) is 11.4. The number of H-pyrrole nitrogens is 1. The third-order valence-corrected chi connectivity index (χ3v) is 6.30. The van der Waals surface area contributed by atoms with Crippen LogP contribution >= 0.6 is 0 Å². The van der Waals surface area contributed by atoms with E-state index in [1.165, 1.54) is 7.11 Å². The molecule has 0 saturated heterocycles. The molecule has 180 valence electrons. The molecule has 0 radical (unpaired) electrons. The van der Waals surface area contributed by atoms with Gasteiger partial charge in [0.2, 0.25) is 0 Å². The molecule has 3 aromatic carbocycles. The van der Waals surface area contributed by atoms with Gasteiger partial charge in [-0.2, -0.15) is 0 Å². The van der Waals surface area contributed by atoms with Gasteiger partial charge in [0, 0.05) is 29.1 Å². The third kappa shape index (κ3) is 4.24. The zero-order valence-corrected chi connectivity index (χ0v) is 19.5. The number of esters is 1. The monoisotopic (exact) mass is 481 g/mol. The van der Waals surface area contributed by atoms with Crippen molar-refractivity contribution in [2.75, 3.05) is 7.11 Å². The van der Waals surface area contributed by atoms with E-state index >= 15 is 0 Å². The van der Waals surface area contributed by atoms with Gasteiger partial charge in [0.15, 0.2) is 0 Å². The number of nitrogens with one attached hydrogen (secondary N) is 2. The standard InChI is InChI=1S/C28H23N3O5/c1-36-28(35)24(14-19-15-29-23-12-5-4-9-20(19)23)30-25(32)18-8-6-7-17(13-18)16-31-26(33)21-10-2-3-11-22(21)27(31)34/h2-13,15,24,29H,14,16H2,1H3,(H,30,32)/t24-/m0/s1. The van der Waals surface area contributed by atoms with Gasteiger partial charge in [0.25, 0.3) is 17.7 Å². The van der Waals surface area contributed by atoms with E-state index in [-0.39, 0.29) is 24.8 Å². The lowest BCUT2D eigenvalue weighted by atomic mass is 10.0. The molecule has 0 unspecified atom stereocenters. The second-order valence-electron chi connectivity index (χ2n) is 8.56. The molecule has 8 heteroatoms. The lowest BCUT2D eigenvalue weighted by molar-refractivity contribution is -0.142. The average Bonchev–Trinajstić information content (AvgIpc) is 3.42. The highest BCUT2D eigenvalue weighted by molar-refractivity contribution is 6.21. The molecule has 0 aliphatic carbocycles. The molecule has 3 amide bonds. The summed E-state index contributed by atoms with van der Waals surface area (Å²) in [6.45, 7) is 0.0310. The van der Waals surface area contributed by atoms with Crippen LogP contribution in [0.15, 0.2) is 79.0 Å². The summed E-state index contributed by atoms with van der Waals surface area (Å²) >= 11 is 0. The van der Waals surface area contributed by atoms with Crippen LogP contribution in [0.2, 0.25) is 0 Å². The first kappa shape index (κ1) is 23.0. The molecule has 2 N–H and O–H groups in total. The Morgan fingerprint density at radius 1 is 0.944 bits per heavy atom. The Labute approximate surface area is 206 Å². The number of benzene rings is 3. The Bertz CT molecular complexity index is 1470. The summed E-state index contributed by atoms with van der Waals surface area (Å²) in [6.07, 6.45) is 2.06. The zero-order valence-electron chi connectivity index (χ0n) is 19.5. The normalized spacial score (nSPS) is 13.5. The number of hydrogen-bond acceptors (Lipinski definition) is 5. The number of ether oxygens (including phenoxy) is 1. The molecule has 4 aromatic rings. The number of amides is 3. The Morgan fingerprint density at radius 2 is 1.64 bits per heavy atom. The van der Waals surface area contributed by atoms with Gasteiger partial charge in [-0.25, -0.2) is 4.79 Å². The molecule has 1 atom stereocenters. The van der Waals surface area contributed by atoms with E-state index in [1.54, 1.807) is 48.5 Å². The maximum Gasteiger partial charge on any atom is 0.328 e. The van der Waals surface area contributed by atoms with Crippen molar-refractivity contribution in [1.82, 2.24) is 15.2 Å². The van der Waals surface area contributed by atoms with E-state index in [0.717, 1.165) is 21.4 Å². The van der Waals surface area contributed by atoms with E-state index in [0.29, 0.717) is 22.3 Å². The molecule has 0 fully saturated rings. The number of methoxy groups -OCH3 is 1. The minimum Gasteiger partial charge on any atom is -0.467 e. The van der Waals surface area contributed by atoms with Crippen LogP contribution in [0.25, 0.3) is 10.9 Å². The van der Waals surface area contributed by atoms with Crippen molar-refractivity contribution in [1.29, 1.82) is 0 Å². The number of rotatable bonds is 7. The molecule has 0 bridgehead atoms. The SMILES string of the molecule is COC(=O)[C@H](Cc1c[nH]c2ccccc12)NC(=O)c1cccc(CN2C(=O)c3ccccc3C2=O)c1. The number of aromatic nitrogens is 1. The minimum absolute atomic E-state index is 0.0310. The van der Waals surface area contributed by atoms with Gasteiger partial charge in [-0.3, -0.25) is 19.3 Å². The molecular formula is C28H23N3O5. The van der Waals surface area contributed by atoms with Gasteiger partial charge in [0.05, 0.1) is 24.8 Å². The maximum atomic E-state index is 13.1. The molecule has 1 aromatic heterocycles. The average molecular weight is 482 g/mol. The molecule has 36 heavy (non-hydrogen) atoms. The molecule has 2 heterocycles. The van der Waals surface area contributed by atoms with Crippen LogP contribution in [0, 0.1) is 0 Å². The second kappa shape index (κ2) is 9.50. The van der Waals surface area contributed by atoms with Gasteiger partial charge in [-0.15, -0.1) is 0 Å². The topological polar surface area (TPSA) is 109 Å². The number of carbonyl (C=O) groups is 4. The lowest BCUT2D eigenvalue weighted by Crippen LogP contribution is -2.43. The predicted molar refractivity (Wildman–Crippen MR) is 132 cm³/mol. The summed E-state index contributed by atoms with van der Waals surface area (Å²) in [5, 5.41) is 3.73. The fourth-order valence-corrected chi connectivity index (χ4v) is 4.47. The van der Waals surface area contributed by atoms with Crippen LogP contribution in [0.4, 0.5) is 0 Å².